The van der Waals surface area contributed by atoms with Crippen LogP contribution in [0.1, 0.15) is 38.7 Å². The summed E-state index contributed by atoms with van der Waals surface area (Å²) in [5.74, 6) is 0.638. The smallest absolute Gasteiger partial charge is 0.233 e. The Kier molecular flexibility index (Phi) is 5.55. The molecule has 6 heteroatoms. The Bertz CT molecular complexity index is 623. The van der Waals surface area contributed by atoms with Crippen molar-refractivity contribution in [3.8, 4) is 0 Å². The molecular weight excluding hydrogens is 318 g/mol. The average molecular weight is 341 g/mol. The molecule has 2 rings (SSSR count). The van der Waals surface area contributed by atoms with Gasteiger partial charge in [-0.05, 0) is 37.0 Å². The van der Waals surface area contributed by atoms with Crippen molar-refractivity contribution in [2.24, 2.45) is 0 Å². The highest BCUT2D eigenvalue weighted by Gasteiger charge is 2.30. The SMILES string of the molecule is CC(Sc1ccc(C(C)C)cc1)C(=O)NC1CCS(=O)(=O)C1. The van der Waals surface area contributed by atoms with E-state index >= 15 is 0 Å². The van der Waals surface area contributed by atoms with E-state index in [1.54, 1.807) is 0 Å². The van der Waals surface area contributed by atoms with Crippen LogP contribution in [-0.2, 0) is 14.6 Å². The maximum Gasteiger partial charge on any atom is 0.233 e. The summed E-state index contributed by atoms with van der Waals surface area (Å²) in [6.45, 7) is 6.14. The topological polar surface area (TPSA) is 63.2 Å². The molecular formula is C16H23NO3S2. The fourth-order valence-corrected chi connectivity index (χ4v) is 4.97. The summed E-state index contributed by atoms with van der Waals surface area (Å²) in [7, 11) is -2.96. The van der Waals surface area contributed by atoms with Crippen molar-refractivity contribution in [3.05, 3.63) is 29.8 Å². The number of rotatable bonds is 5. The standard InChI is InChI=1S/C16H23NO3S2/c1-11(2)13-4-6-15(7-5-13)21-12(3)16(18)17-14-8-9-22(19,20)10-14/h4-7,11-12,14H,8-10H2,1-3H3,(H,17,18). The zero-order valence-corrected chi connectivity index (χ0v) is 14.8. The normalized spacial score (nSPS) is 21.7. The molecule has 2 unspecified atom stereocenters. The zero-order valence-electron chi connectivity index (χ0n) is 13.2. The maximum atomic E-state index is 12.2. The molecule has 1 heterocycles. The molecule has 0 spiro atoms. The van der Waals surface area contributed by atoms with Gasteiger partial charge >= 0.3 is 0 Å². The van der Waals surface area contributed by atoms with Gasteiger partial charge < -0.3 is 5.32 Å². The first-order chi connectivity index (χ1) is 10.3. The summed E-state index contributed by atoms with van der Waals surface area (Å²) in [4.78, 5) is 13.2. The Balaban J connectivity index is 1.88. The van der Waals surface area contributed by atoms with E-state index in [0.29, 0.717) is 12.3 Å². The molecule has 1 fully saturated rings. The number of thioether (sulfide) groups is 1. The molecule has 1 amide bonds. The van der Waals surface area contributed by atoms with Crippen LogP contribution >= 0.6 is 11.8 Å². The number of benzene rings is 1. The van der Waals surface area contributed by atoms with E-state index in [4.69, 9.17) is 0 Å². The van der Waals surface area contributed by atoms with Crippen molar-refractivity contribution < 1.29 is 13.2 Å². The molecule has 1 aromatic rings. The third-order valence-corrected chi connectivity index (χ3v) is 6.69. The van der Waals surface area contributed by atoms with Gasteiger partial charge in [-0.2, -0.15) is 0 Å². The molecule has 1 aromatic carbocycles. The molecule has 1 aliphatic rings. The van der Waals surface area contributed by atoms with E-state index < -0.39 is 9.84 Å². The molecule has 1 N–H and O–H groups in total. The molecule has 0 saturated carbocycles. The quantitative estimate of drug-likeness (QED) is 0.836. The minimum atomic E-state index is -2.96. The van der Waals surface area contributed by atoms with E-state index in [1.165, 1.54) is 17.3 Å². The second kappa shape index (κ2) is 7.04. The lowest BCUT2D eigenvalue weighted by molar-refractivity contribution is -0.120. The third-order valence-electron chi connectivity index (χ3n) is 3.81. The van der Waals surface area contributed by atoms with Crippen LogP contribution < -0.4 is 5.32 Å². The number of hydrogen-bond donors (Lipinski definition) is 1. The van der Waals surface area contributed by atoms with Crippen LogP contribution in [0.4, 0.5) is 0 Å². The number of carbonyl (C=O) groups is 1. The van der Waals surface area contributed by atoms with E-state index in [-0.39, 0.29) is 28.7 Å². The van der Waals surface area contributed by atoms with Gasteiger partial charge in [0.2, 0.25) is 5.91 Å². The van der Waals surface area contributed by atoms with Crippen LogP contribution in [0.25, 0.3) is 0 Å². The predicted molar refractivity (Wildman–Crippen MR) is 91.1 cm³/mol. The van der Waals surface area contributed by atoms with Gasteiger partial charge in [-0.1, -0.05) is 26.0 Å². The summed E-state index contributed by atoms with van der Waals surface area (Å²) >= 11 is 1.49. The van der Waals surface area contributed by atoms with Crippen LogP contribution in [0.3, 0.4) is 0 Å². The van der Waals surface area contributed by atoms with Crippen LogP contribution in [0.2, 0.25) is 0 Å². The largest absolute Gasteiger partial charge is 0.351 e. The molecule has 22 heavy (non-hydrogen) atoms. The van der Waals surface area contributed by atoms with Crippen molar-refractivity contribution in [2.75, 3.05) is 11.5 Å². The number of sulfone groups is 1. The van der Waals surface area contributed by atoms with Gasteiger partial charge in [0.15, 0.2) is 9.84 Å². The summed E-state index contributed by atoms with van der Waals surface area (Å²) in [5, 5.41) is 2.60. The van der Waals surface area contributed by atoms with E-state index in [9.17, 15) is 13.2 Å². The van der Waals surface area contributed by atoms with Gasteiger partial charge in [0.25, 0.3) is 0 Å². The Morgan fingerprint density at radius 1 is 1.23 bits per heavy atom. The fraction of sp³-hybridized carbons (Fsp3) is 0.562. The Morgan fingerprint density at radius 2 is 1.86 bits per heavy atom. The van der Waals surface area contributed by atoms with Crippen molar-refractivity contribution in [1.82, 2.24) is 5.32 Å². The van der Waals surface area contributed by atoms with Crippen molar-refractivity contribution in [2.45, 2.75) is 49.3 Å². The van der Waals surface area contributed by atoms with E-state index in [2.05, 4.69) is 31.3 Å². The lowest BCUT2D eigenvalue weighted by Crippen LogP contribution is -2.39. The molecule has 0 radical (unpaired) electrons. The Hall–Kier alpha value is -1.01. The molecule has 4 nitrogen and oxygen atoms in total. The third kappa shape index (κ3) is 4.74. The van der Waals surface area contributed by atoms with E-state index in [0.717, 1.165) is 4.90 Å². The number of hydrogen-bond acceptors (Lipinski definition) is 4. The van der Waals surface area contributed by atoms with Gasteiger partial charge in [-0.25, -0.2) is 8.42 Å². The lowest BCUT2D eigenvalue weighted by atomic mass is 10.0. The molecule has 0 aliphatic carbocycles. The van der Waals surface area contributed by atoms with Gasteiger partial charge in [0, 0.05) is 10.9 Å². The monoisotopic (exact) mass is 341 g/mol. The Morgan fingerprint density at radius 3 is 2.36 bits per heavy atom. The van der Waals surface area contributed by atoms with Crippen LogP contribution in [0, 0.1) is 0 Å². The minimum absolute atomic E-state index is 0.0687. The number of carbonyl (C=O) groups excluding carboxylic acids is 1. The van der Waals surface area contributed by atoms with Crippen LogP contribution in [-0.4, -0.2) is 37.1 Å². The van der Waals surface area contributed by atoms with Crippen LogP contribution in [0.5, 0.6) is 0 Å². The first kappa shape index (κ1) is 17.3. The van der Waals surface area contributed by atoms with Gasteiger partial charge in [0.05, 0.1) is 16.8 Å². The summed E-state index contributed by atoms with van der Waals surface area (Å²) in [5.41, 5.74) is 1.28. The fourth-order valence-electron chi connectivity index (χ4n) is 2.42. The van der Waals surface area contributed by atoms with Crippen molar-refractivity contribution in [3.63, 3.8) is 0 Å². The first-order valence-electron chi connectivity index (χ1n) is 7.54. The highest BCUT2D eigenvalue weighted by molar-refractivity contribution is 8.00. The van der Waals surface area contributed by atoms with Crippen molar-refractivity contribution in [1.29, 1.82) is 0 Å². The zero-order chi connectivity index (χ0) is 16.3. The predicted octanol–water partition coefficient (Wildman–Crippen LogP) is 2.59. The van der Waals surface area contributed by atoms with E-state index in [1.807, 2.05) is 19.1 Å². The molecule has 2 atom stereocenters. The molecule has 122 valence electrons. The number of amides is 1. The van der Waals surface area contributed by atoms with Crippen LogP contribution in [0.15, 0.2) is 29.2 Å². The first-order valence-corrected chi connectivity index (χ1v) is 10.2. The average Bonchev–Trinajstić information content (AvgIpc) is 2.78. The van der Waals surface area contributed by atoms with Crippen molar-refractivity contribution >= 4 is 27.5 Å². The summed E-state index contributed by atoms with van der Waals surface area (Å²) in [6.07, 6.45) is 0.522. The second-order valence-corrected chi connectivity index (χ2v) is 9.74. The molecule has 1 saturated heterocycles. The molecule has 1 aliphatic heterocycles. The Labute approximate surface area is 137 Å². The summed E-state index contributed by atoms with van der Waals surface area (Å²) < 4.78 is 22.8. The second-order valence-electron chi connectivity index (χ2n) is 6.09. The summed E-state index contributed by atoms with van der Waals surface area (Å²) in [6, 6.07) is 8.00. The lowest BCUT2D eigenvalue weighted by Gasteiger charge is -2.16. The van der Waals surface area contributed by atoms with Gasteiger partial charge in [0.1, 0.15) is 0 Å². The highest BCUT2D eigenvalue weighted by Crippen LogP contribution is 2.26. The number of nitrogens with one attached hydrogen (secondary N) is 1. The minimum Gasteiger partial charge on any atom is -0.351 e. The van der Waals surface area contributed by atoms with Gasteiger partial charge in [-0.15, -0.1) is 11.8 Å². The maximum absolute atomic E-state index is 12.2. The van der Waals surface area contributed by atoms with Gasteiger partial charge in [-0.3, -0.25) is 4.79 Å². The molecule has 0 bridgehead atoms. The molecule has 0 aromatic heterocycles. The highest BCUT2D eigenvalue weighted by atomic mass is 32.2.